The number of morpholine rings is 1. The maximum atomic E-state index is 6.01. The number of imidazole rings is 1. The van der Waals surface area contributed by atoms with E-state index in [1.165, 1.54) is 0 Å². The van der Waals surface area contributed by atoms with Crippen molar-refractivity contribution >= 4 is 16.9 Å². The lowest BCUT2D eigenvalue weighted by atomic mass is 10.2. The first-order chi connectivity index (χ1) is 12.6. The molecule has 1 saturated heterocycles. The summed E-state index contributed by atoms with van der Waals surface area (Å²) in [5.74, 6) is 1.93. The first kappa shape index (κ1) is 16.9. The number of nitrogens with zero attached hydrogens (tertiary/aromatic N) is 6. The first-order valence-electron chi connectivity index (χ1n) is 8.86. The average Bonchev–Trinajstić information content (AvgIpc) is 2.98. The van der Waals surface area contributed by atoms with E-state index in [2.05, 4.69) is 44.7 Å². The van der Waals surface area contributed by atoms with E-state index in [4.69, 9.17) is 9.72 Å². The number of anilines is 1. The van der Waals surface area contributed by atoms with Gasteiger partial charge in [-0.25, -0.2) is 9.97 Å². The molecule has 1 aliphatic heterocycles. The highest BCUT2D eigenvalue weighted by molar-refractivity contribution is 5.75. The van der Waals surface area contributed by atoms with Crippen LogP contribution in [-0.4, -0.2) is 58.2 Å². The third kappa shape index (κ3) is 3.15. The van der Waals surface area contributed by atoms with Gasteiger partial charge in [-0.2, -0.15) is 0 Å². The maximum Gasteiger partial charge on any atom is 0.152 e. The van der Waals surface area contributed by atoms with Gasteiger partial charge in [-0.05, 0) is 12.1 Å². The van der Waals surface area contributed by atoms with Gasteiger partial charge < -0.3 is 14.2 Å². The number of ether oxygens (including phenoxy) is 1. The Balaban J connectivity index is 1.55. The molecule has 0 aliphatic carbocycles. The molecule has 1 atom stereocenters. The van der Waals surface area contributed by atoms with Crippen LogP contribution in [-0.2, 0) is 18.3 Å². The van der Waals surface area contributed by atoms with Crippen molar-refractivity contribution in [3.63, 3.8) is 0 Å². The second-order valence-corrected chi connectivity index (χ2v) is 6.83. The first-order valence-corrected chi connectivity index (χ1v) is 8.86. The zero-order chi connectivity index (χ0) is 18.1. The van der Waals surface area contributed by atoms with Crippen molar-refractivity contribution in [3.8, 4) is 0 Å². The molecule has 2 aromatic heterocycles. The van der Waals surface area contributed by atoms with Crippen LogP contribution in [0, 0.1) is 0 Å². The average molecular weight is 352 g/mol. The summed E-state index contributed by atoms with van der Waals surface area (Å²) < 4.78 is 8.19. The number of aromatic nitrogens is 4. The van der Waals surface area contributed by atoms with Gasteiger partial charge in [-0.3, -0.25) is 9.88 Å². The largest absolute Gasteiger partial charge is 0.369 e. The molecule has 4 rings (SSSR count). The van der Waals surface area contributed by atoms with Crippen molar-refractivity contribution in [2.75, 3.05) is 38.7 Å². The fraction of sp³-hybridized carbons (Fsp3) is 0.421. The smallest absolute Gasteiger partial charge is 0.152 e. The zero-order valence-electron chi connectivity index (χ0n) is 15.5. The summed E-state index contributed by atoms with van der Waals surface area (Å²) in [6, 6.07) is 8.25. The number of aryl methyl sites for hydroxylation is 1. The van der Waals surface area contributed by atoms with Gasteiger partial charge in [0.25, 0.3) is 0 Å². The number of rotatable bonds is 4. The molecule has 0 spiro atoms. The molecule has 1 aromatic carbocycles. The number of para-hydroxylation sites is 2. The van der Waals surface area contributed by atoms with Gasteiger partial charge in [0.15, 0.2) is 5.82 Å². The van der Waals surface area contributed by atoms with Crippen LogP contribution in [0.5, 0.6) is 0 Å². The lowest BCUT2D eigenvalue weighted by molar-refractivity contribution is -0.0357. The highest BCUT2D eigenvalue weighted by atomic mass is 16.5. The van der Waals surface area contributed by atoms with Gasteiger partial charge in [0.05, 0.1) is 24.2 Å². The molecule has 0 N–H and O–H groups in total. The van der Waals surface area contributed by atoms with Crippen LogP contribution in [0.15, 0.2) is 36.7 Å². The third-order valence-electron chi connectivity index (χ3n) is 4.83. The van der Waals surface area contributed by atoms with Gasteiger partial charge in [0, 0.05) is 46.6 Å². The quantitative estimate of drug-likeness (QED) is 0.716. The van der Waals surface area contributed by atoms with Crippen molar-refractivity contribution in [1.82, 2.24) is 24.4 Å². The standard InChI is InChI=1S/C19H24N6O/c1-23(2)19-18(20-8-9-21-19)16-12-25(10-11-26-16)13-17-22-14-6-4-5-7-15(14)24(17)3/h4-9,16H,10-13H2,1-3H3/t16-/m0/s1. The summed E-state index contributed by atoms with van der Waals surface area (Å²) in [6.07, 6.45) is 3.37. The maximum absolute atomic E-state index is 6.01. The Kier molecular flexibility index (Phi) is 4.57. The molecule has 0 amide bonds. The Morgan fingerprint density at radius 3 is 2.81 bits per heavy atom. The molecule has 3 aromatic rings. The molecule has 0 saturated carbocycles. The van der Waals surface area contributed by atoms with Crippen LogP contribution in [0.1, 0.15) is 17.6 Å². The molecule has 0 radical (unpaired) electrons. The van der Waals surface area contributed by atoms with E-state index < -0.39 is 0 Å². The third-order valence-corrected chi connectivity index (χ3v) is 4.83. The molecule has 26 heavy (non-hydrogen) atoms. The van der Waals surface area contributed by atoms with Gasteiger partial charge in [0.1, 0.15) is 17.6 Å². The Bertz CT molecular complexity index is 906. The van der Waals surface area contributed by atoms with Crippen LogP contribution < -0.4 is 4.90 Å². The summed E-state index contributed by atoms with van der Waals surface area (Å²) in [5.41, 5.74) is 3.10. The summed E-state index contributed by atoms with van der Waals surface area (Å²) in [5, 5.41) is 0. The predicted octanol–water partition coefficient (Wildman–Crippen LogP) is 2.00. The van der Waals surface area contributed by atoms with Crippen LogP contribution in [0.25, 0.3) is 11.0 Å². The van der Waals surface area contributed by atoms with Gasteiger partial charge in [-0.1, -0.05) is 12.1 Å². The van der Waals surface area contributed by atoms with Crippen molar-refractivity contribution in [2.24, 2.45) is 7.05 Å². The minimum Gasteiger partial charge on any atom is -0.369 e. The summed E-state index contributed by atoms with van der Waals surface area (Å²) in [4.78, 5) is 18.1. The molecule has 3 heterocycles. The van der Waals surface area contributed by atoms with Gasteiger partial charge in [-0.15, -0.1) is 0 Å². The van der Waals surface area contributed by atoms with Crippen LogP contribution in [0.4, 0.5) is 5.82 Å². The van der Waals surface area contributed by atoms with E-state index in [1.807, 2.05) is 25.1 Å². The van der Waals surface area contributed by atoms with E-state index in [0.717, 1.165) is 48.0 Å². The molecule has 0 unspecified atom stereocenters. The normalized spacial score (nSPS) is 18.3. The molecular formula is C19H24N6O. The molecule has 1 fully saturated rings. The van der Waals surface area contributed by atoms with Gasteiger partial charge >= 0.3 is 0 Å². The minimum atomic E-state index is -0.0791. The van der Waals surface area contributed by atoms with E-state index in [0.29, 0.717) is 6.61 Å². The highest BCUT2D eigenvalue weighted by Gasteiger charge is 2.27. The number of hydrogen-bond acceptors (Lipinski definition) is 6. The molecule has 0 bridgehead atoms. The predicted molar refractivity (Wildman–Crippen MR) is 101 cm³/mol. The SMILES string of the molecule is CN(C)c1nccnc1[C@@H]1CN(Cc2nc3ccccc3n2C)CCO1. The second-order valence-electron chi connectivity index (χ2n) is 6.83. The van der Waals surface area contributed by atoms with Crippen molar-refractivity contribution in [3.05, 3.63) is 48.2 Å². The van der Waals surface area contributed by atoms with Gasteiger partial charge in [0.2, 0.25) is 0 Å². The highest BCUT2D eigenvalue weighted by Crippen LogP contribution is 2.27. The fourth-order valence-corrected chi connectivity index (χ4v) is 3.46. The Morgan fingerprint density at radius 2 is 2.00 bits per heavy atom. The number of benzene rings is 1. The molecule has 136 valence electrons. The molecular weight excluding hydrogens is 328 g/mol. The fourth-order valence-electron chi connectivity index (χ4n) is 3.46. The summed E-state index contributed by atoms with van der Waals surface area (Å²) >= 11 is 0. The van der Waals surface area contributed by atoms with Crippen molar-refractivity contribution in [2.45, 2.75) is 12.6 Å². The van der Waals surface area contributed by atoms with E-state index in [9.17, 15) is 0 Å². The van der Waals surface area contributed by atoms with Crippen molar-refractivity contribution < 1.29 is 4.74 Å². The lowest BCUT2D eigenvalue weighted by Crippen LogP contribution is -2.39. The number of hydrogen-bond donors (Lipinski definition) is 0. The topological polar surface area (TPSA) is 59.3 Å². The number of fused-ring (bicyclic) bond motifs is 1. The molecule has 1 aliphatic rings. The van der Waals surface area contributed by atoms with Crippen LogP contribution in [0.2, 0.25) is 0 Å². The van der Waals surface area contributed by atoms with E-state index in [-0.39, 0.29) is 6.10 Å². The van der Waals surface area contributed by atoms with E-state index >= 15 is 0 Å². The van der Waals surface area contributed by atoms with Crippen LogP contribution >= 0.6 is 0 Å². The van der Waals surface area contributed by atoms with Crippen LogP contribution in [0.3, 0.4) is 0 Å². The monoisotopic (exact) mass is 352 g/mol. The Morgan fingerprint density at radius 1 is 1.19 bits per heavy atom. The Hall–Kier alpha value is -2.51. The zero-order valence-corrected chi connectivity index (χ0v) is 15.5. The van der Waals surface area contributed by atoms with Crippen molar-refractivity contribution in [1.29, 1.82) is 0 Å². The molecule has 7 nitrogen and oxygen atoms in total. The van der Waals surface area contributed by atoms with E-state index in [1.54, 1.807) is 12.4 Å². The summed E-state index contributed by atoms with van der Waals surface area (Å²) in [7, 11) is 6.04. The summed E-state index contributed by atoms with van der Waals surface area (Å²) in [6.45, 7) is 3.14. The Labute approximate surface area is 153 Å². The minimum absolute atomic E-state index is 0.0791. The molecule has 7 heteroatoms. The second kappa shape index (κ2) is 7.01. The lowest BCUT2D eigenvalue weighted by Gasteiger charge is -2.33.